The van der Waals surface area contributed by atoms with Crippen molar-refractivity contribution in [2.75, 3.05) is 0 Å². The van der Waals surface area contributed by atoms with Crippen LogP contribution in [0.4, 0.5) is 0 Å². The Kier molecular flexibility index (Phi) is 5.22. The molecule has 0 fully saturated rings. The Labute approximate surface area is 147 Å². The second-order valence-electron chi connectivity index (χ2n) is 8.51. The molecule has 1 heteroatoms. The van der Waals surface area contributed by atoms with E-state index in [1.54, 1.807) is 0 Å². The highest BCUT2D eigenvalue weighted by molar-refractivity contribution is 5.54. The average molecular weight is 322 g/mol. The molecule has 0 radical (unpaired) electrons. The number of hydrogen-bond donors (Lipinski definition) is 1. The SMILES string of the molecule is CC(C)(C)c1ccc(C(C)(C)C)c(C/C=C/c2ccccc2)c1O. The van der Waals surface area contributed by atoms with Crippen LogP contribution in [-0.4, -0.2) is 5.11 Å². The largest absolute Gasteiger partial charge is 0.507 e. The fourth-order valence-electron chi connectivity index (χ4n) is 3.03. The van der Waals surface area contributed by atoms with Crippen LogP contribution in [-0.2, 0) is 17.3 Å². The van der Waals surface area contributed by atoms with E-state index in [2.05, 4.69) is 78.0 Å². The van der Waals surface area contributed by atoms with E-state index in [1.807, 2.05) is 18.2 Å². The van der Waals surface area contributed by atoms with E-state index in [-0.39, 0.29) is 10.8 Å². The first-order valence-corrected chi connectivity index (χ1v) is 8.68. The summed E-state index contributed by atoms with van der Waals surface area (Å²) >= 11 is 0. The minimum absolute atomic E-state index is 0.00378. The third-order valence-corrected chi connectivity index (χ3v) is 4.33. The fourth-order valence-corrected chi connectivity index (χ4v) is 3.03. The third-order valence-electron chi connectivity index (χ3n) is 4.33. The van der Waals surface area contributed by atoms with Crippen molar-refractivity contribution in [1.29, 1.82) is 0 Å². The third kappa shape index (κ3) is 4.29. The molecule has 0 aliphatic rings. The van der Waals surface area contributed by atoms with Gasteiger partial charge in [0.25, 0.3) is 0 Å². The van der Waals surface area contributed by atoms with Gasteiger partial charge in [0.05, 0.1) is 0 Å². The van der Waals surface area contributed by atoms with E-state index in [9.17, 15) is 5.11 Å². The minimum atomic E-state index is -0.0710. The van der Waals surface area contributed by atoms with Crippen molar-refractivity contribution in [3.63, 3.8) is 0 Å². The standard InChI is InChI=1S/C23H30O/c1-22(2,3)19-15-16-20(23(4,5)6)21(24)18(19)14-10-13-17-11-8-7-9-12-17/h7-13,15-16,24H,14H2,1-6H3/b13-10+. The fraction of sp³-hybridized carbons (Fsp3) is 0.391. The van der Waals surface area contributed by atoms with Gasteiger partial charge >= 0.3 is 0 Å². The van der Waals surface area contributed by atoms with Crippen molar-refractivity contribution in [3.05, 3.63) is 70.8 Å². The van der Waals surface area contributed by atoms with Crippen molar-refractivity contribution in [1.82, 2.24) is 0 Å². The molecule has 0 aromatic heterocycles. The van der Waals surface area contributed by atoms with Gasteiger partial charge in [-0.2, -0.15) is 0 Å². The molecule has 1 N–H and O–H groups in total. The molecule has 1 nitrogen and oxygen atoms in total. The summed E-state index contributed by atoms with van der Waals surface area (Å²) in [6.07, 6.45) is 5.00. The summed E-state index contributed by atoms with van der Waals surface area (Å²) in [7, 11) is 0. The number of rotatable bonds is 3. The molecule has 0 unspecified atom stereocenters. The molecule has 0 aliphatic heterocycles. The Morgan fingerprint density at radius 3 is 1.88 bits per heavy atom. The first kappa shape index (κ1) is 18.3. The van der Waals surface area contributed by atoms with Gasteiger partial charge in [-0.05, 0) is 33.9 Å². The molecule has 2 aromatic carbocycles. The molecule has 0 spiro atoms. The normalized spacial score (nSPS) is 12.8. The minimum Gasteiger partial charge on any atom is -0.507 e. The number of allylic oxidation sites excluding steroid dienone is 1. The molecule has 24 heavy (non-hydrogen) atoms. The highest BCUT2D eigenvalue weighted by atomic mass is 16.3. The van der Waals surface area contributed by atoms with Crippen LogP contribution in [0.1, 0.15) is 63.8 Å². The predicted molar refractivity (Wildman–Crippen MR) is 105 cm³/mol. The first-order valence-electron chi connectivity index (χ1n) is 8.68. The van der Waals surface area contributed by atoms with Crippen LogP contribution in [0.3, 0.4) is 0 Å². The molecule has 0 saturated heterocycles. The molecule has 0 bridgehead atoms. The van der Waals surface area contributed by atoms with Gasteiger partial charge in [0.2, 0.25) is 0 Å². The molecule has 2 rings (SSSR count). The van der Waals surface area contributed by atoms with Gasteiger partial charge in [-0.3, -0.25) is 0 Å². The maximum atomic E-state index is 10.9. The monoisotopic (exact) mass is 322 g/mol. The molecule has 0 amide bonds. The van der Waals surface area contributed by atoms with Crippen LogP contribution in [0.15, 0.2) is 48.5 Å². The highest BCUT2D eigenvalue weighted by Gasteiger charge is 2.25. The van der Waals surface area contributed by atoms with E-state index in [0.29, 0.717) is 5.75 Å². The lowest BCUT2D eigenvalue weighted by Crippen LogP contribution is -2.18. The van der Waals surface area contributed by atoms with Crippen molar-refractivity contribution >= 4 is 6.08 Å². The zero-order valence-electron chi connectivity index (χ0n) is 15.9. The summed E-state index contributed by atoms with van der Waals surface area (Å²) in [5, 5.41) is 10.9. The number of phenols is 1. The Morgan fingerprint density at radius 1 is 0.792 bits per heavy atom. The zero-order chi connectivity index (χ0) is 18.0. The van der Waals surface area contributed by atoms with Crippen molar-refractivity contribution in [2.24, 2.45) is 0 Å². The van der Waals surface area contributed by atoms with E-state index in [0.717, 1.165) is 17.5 Å². The van der Waals surface area contributed by atoms with Crippen LogP contribution in [0, 0.1) is 0 Å². The smallest absolute Gasteiger partial charge is 0.123 e. The zero-order valence-corrected chi connectivity index (χ0v) is 15.9. The van der Waals surface area contributed by atoms with Crippen molar-refractivity contribution < 1.29 is 5.11 Å². The summed E-state index contributed by atoms with van der Waals surface area (Å²) in [4.78, 5) is 0. The van der Waals surface area contributed by atoms with Gasteiger partial charge in [0, 0.05) is 5.56 Å². The lowest BCUT2D eigenvalue weighted by atomic mass is 9.78. The summed E-state index contributed by atoms with van der Waals surface area (Å²) in [5.41, 5.74) is 4.38. The molecule has 0 saturated carbocycles. The van der Waals surface area contributed by atoms with Crippen molar-refractivity contribution in [2.45, 2.75) is 58.8 Å². The summed E-state index contributed by atoms with van der Waals surface area (Å²) in [6, 6.07) is 14.6. The van der Waals surface area contributed by atoms with E-state index < -0.39 is 0 Å². The number of benzene rings is 2. The van der Waals surface area contributed by atoms with Crippen LogP contribution >= 0.6 is 0 Å². The molecule has 0 aliphatic carbocycles. The van der Waals surface area contributed by atoms with Gasteiger partial charge in [-0.1, -0.05) is 96.2 Å². The second kappa shape index (κ2) is 6.84. The molecule has 128 valence electrons. The van der Waals surface area contributed by atoms with Gasteiger partial charge in [-0.25, -0.2) is 0 Å². The van der Waals surface area contributed by atoms with Crippen LogP contribution in [0.2, 0.25) is 0 Å². The van der Waals surface area contributed by atoms with Crippen molar-refractivity contribution in [3.8, 4) is 5.75 Å². The topological polar surface area (TPSA) is 20.2 Å². The van der Waals surface area contributed by atoms with Crippen LogP contribution in [0.25, 0.3) is 6.08 Å². The molecular formula is C23H30O. The summed E-state index contributed by atoms with van der Waals surface area (Å²) in [6.45, 7) is 13.0. The molecule has 2 aromatic rings. The Hall–Kier alpha value is -2.02. The van der Waals surface area contributed by atoms with Crippen LogP contribution < -0.4 is 0 Å². The number of phenolic OH excluding ortho intramolecular Hbond substituents is 1. The van der Waals surface area contributed by atoms with Gasteiger partial charge < -0.3 is 5.11 Å². The summed E-state index contributed by atoms with van der Waals surface area (Å²) in [5.74, 6) is 0.452. The second-order valence-corrected chi connectivity index (χ2v) is 8.51. The molecule has 0 heterocycles. The summed E-state index contributed by atoms with van der Waals surface area (Å²) < 4.78 is 0. The average Bonchev–Trinajstić information content (AvgIpc) is 2.47. The number of hydrogen-bond acceptors (Lipinski definition) is 1. The van der Waals surface area contributed by atoms with E-state index >= 15 is 0 Å². The predicted octanol–water partition coefficient (Wildman–Crippen LogP) is 6.24. The Bertz CT molecular complexity index is 710. The lowest BCUT2D eigenvalue weighted by Gasteiger charge is -2.28. The van der Waals surface area contributed by atoms with E-state index in [4.69, 9.17) is 0 Å². The first-order chi connectivity index (χ1) is 11.1. The Balaban J connectivity index is 2.43. The maximum Gasteiger partial charge on any atom is 0.123 e. The van der Waals surface area contributed by atoms with Gasteiger partial charge in [0.1, 0.15) is 5.75 Å². The Morgan fingerprint density at radius 2 is 1.33 bits per heavy atom. The van der Waals surface area contributed by atoms with Gasteiger partial charge in [0.15, 0.2) is 0 Å². The molecular weight excluding hydrogens is 292 g/mol. The van der Waals surface area contributed by atoms with Gasteiger partial charge in [-0.15, -0.1) is 0 Å². The lowest BCUT2D eigenvalue weighted by molar-refractivity contribution is 0.437. The number of aromatic hydroxyl groups is 1. The van der Waals surface area contributed by atoms with Crippen LogP contribution in [0.5, 0.6) is 5.75 Å². The molecule has 0 atom stereocenters. The maximum absolute atomic E-state index is 10.9. The van der Waals surface area contributed by atoms with E-state index in [1.165, 1.54) is 11.1 Å². The quantitative estimate of drug-likeness (QED) is 0.709. The highest BCUT2D eigenvalue weighted by Crippen LogP contribution is 2.39.